The zero-order chi connectivity index (χ0) is 12.1. The Bertz CT molecular complexity index is 328. The van der Waals surface area contributed by atoms with Gasteiger partial charge in [0.1, 0.15) is 0 Å². The van der Waals surface area contributed by atoms with E-state index in [1.54, 1.807) is 0 Å². The van der Waals surface area contributed by atoms with Gasteiger partial charge < -0.3 is 5.32 Å². The molecule has 0 spiro atoms. The molecule has 4 nitrogen and oxygen atoms in total. The molecule has 1 aliphatic rings. The Kier molecular flexibility index (Phi) is 4.57. The maximum Gasteiger partial charge on any atom is 0.0534 e. The lowest BCUT2D eigenvalue weighted by Gasteiger charge is -2.24. The summed E-state index contributed by atoms with van der Waals surface area (Å²) in [5.74, 6) is 0. The molecule has 1 N–H and O–H groups in total. The van der Waals surface area contributed by atoms with Crippen molar-refractivity contribution < 1.29 is 0 Å². The molecular weight excluding hydrogens is 212 g/mol. The lowest BCUT2D eigenvalue weighted by Crippen LogP contribution is -2.37. The summed E-state index contributed by atoms with van der Waals surface area (Å²) < 4.78 is 1.88. The quantitative estimate of drug-likeness (QED) is 0.810. The standard InChI is InChI=1S/C13H24N4/c1-3-7-17(11-13-5-4-6-14-13)10-12-8-15-16(2)9-12/h8-9,13-14H,3-7,10-11H2,1-2H3. The van der Waals surface area contributed by atoms with Gasteiger partial charge in [-0.15, -0.1) is 0 Å². The summed E-state index contributed by atoms with van der Waals surface area (Å²) >= 11 is 0. The fourth-order valence-electron chi connectivity index (χ4n) is 2.59. The SMILES string of the molecule is CCCN(Cc1cnn(C)c1)CC1CCCN1. The second-order valence-electron chi connectivity index (χ2n) is 5.05. The Labute approximate surface area is 104 Å². The third kappa shape index (κ3) is 3.82. The smallest absolute Gasteiger partial charge is 0.0534 e. The van der Waals surface area contributed by atoms with Crippen LogP contribution in [-0.4, -0.2) is 40.4 Å². The average Bonchev–Trinajstić information content (AvgIpc) is 2.91. The van der Waals surface area contributed by atoms with E-state index in [0.717, 1.165) is 6.54 Å². The van der Waals surface area contributed by atoms with E-state index in [1.165, 1.54) is 44.5 Å². The van der Waals surface area contributed by atoms with Crippen LogP contribution in [0.3, 0.4) is 0 Å². The van der Waals surface area contributed by atoms with Gasteiger partial charge in [0.05, 0.1) is 6.20 Å². The summed E-state index contributed by atoms with van der Waals surface area (Å²) in [6.45, 7) is 6.81. The zero-order valence-corrected chi connectivity index (χ0v) is 11.0. The van der Waals surface area contributed by atoms with Gasteiger partial charge in [-0.3, -0.25) is 9.58 Å². The predicted octanol–water partition coefficient (Wildman–Crippen LogP) is 1.38. The highest BCUT2D eigenvalue weighted by atomic mass is 15.2. The molecule has 1 unspecified atom stereocenters. The lowest BCUT2D eigenvalue weighted by atomic mass is 10.2. The van der Waals surface area contributed by atoms with E-state index < -0.39 is 0 Å². The van der Waals surface area contributed by atoms with Crippen molar-refractivity contribution in [2.75, 3.05) is 19.6 Å². The maximum absolute atomic E-state index is 4.24. The molecule has 2 heterocycles. The second kappa shape index (κ2) is 6.17. The van der Waals surface area contributed by atoms with Crippen molar-refractivity contribution in [1.29, 1.82) is 0 Å². The Morgan fingerprint density at radius 2 is 2.47 bits per heavy atom. The summed E-state index contributed by atoms with van der Waals surface area (Å²) in [6.07, 6.45) is 7.97. The van der Waals surface area contributed by atoms with Gasteiger partial charge in [0.2, 0.25) is 0 Å². The number of aromatic nitrogens is 2. The van der Waals surface area contributed by atoms with E-state index >= 15 is 0 Å². The average molecular weight is 236 g/mol. The van der Waals surface area contributed by atoms with E-state index in [-0.39, 0.29) is 0 Å². The first-order chi connectivity index (χ1) is 8.28. The van der Waals surface area contributed by atoms with Crippen LogP contribution in [0.1, 0.15) is 31.7 Å². The third-order valence-corrected chi connectivity index (χ3v) is 3.35. The minimum atomic E-state index is 0.693. The largest absolute Gasteiger partial charge is 0.313 e. The first-order valence-corrected chi connectivity index (χ1v) is 6.71. The Morgan fingerprint density at radius 1 is 1.59 bits per heavy atom. The number of nitrogens with one attached hydrogen (secondary N) is 1. The van der Waals surface area contributed by atoms with Gasteiger partial charge in [-0.2, -0.15) is 5.10 Å². The van der Waals surface area contributed by atoms with Crippen molar-refractivity contribution in [3.8, 4) is 0 Å². The van der Waals surface area contributed by atoms with Crippen LogP contribution < -0.4 is 5.32 Å². The number of aryl methyl sites for hydroxylation is 1. The molecule has 0 aromatic carbocycles. The van der Waals surface area contributed by atoms with Crippen LogP contribution in [0.15, 0.2) is 12.4 Å². The summed E-state index contributed by atoms with van der Waals surface area (Å²) in [5.41, 5.74) is 1.32. The van der Waals surface area contributed by atoms with Crippen LogP contribution in [0.2, 0.25) is 0 Å². The summed E-state index contributed by atoms with van der Waals surface area (Å²) in [4.78, 5) is 2.54. The highest BCUT2D eigenvalue weighted by molar-refractivity contribution is 5.03. The van der Waals surface area contributed by atoms with Crippen LogP contribution in [0.4, 0.5) is 0 Å². The molecule has 0 bridgehead atoms. The van der Waals surface area contributed by atoms with Crippen LogP contribution in [-0.2, 0) is 13.6 Å². The Balaban J connectivity index is 1.87. The molecule has 0 aliphatic carbocycles. The van der Waals surface area contributed by atoms with Crippen molar-refractivity contribution in [2.45, 2.75) is 38.8 Å². The first-order valence-electron chi connectivity index (χ1n) is 6.71. The molecule has 1 aromatic heterocycles. The monoisotopic (exact) mass is 236 g/mol. The summed E-state index contributed by atoms with van der Waals surface area (Å²) in [6, 6.07) is 0.693. The summed E-state index contributed by atoms with van der Waals surface area (Å²) in [7, 11) is 1.98. The zero-order valence-electron chi connectivity index (χ0n) is 11.0. The van der Waals surface area contributed by atoms with E-state index in [9.17, 15) is 0 Å². The van der Waals surface area contributed by atoms with Gasteiger partial charge in [-0.05, 0) is 32.4 Å². The molecule has 1 aromatic rings. The van der Waals surface area contributed by atoms with Crippen LogP contribution >= 0.6 is 0 Å². The summed E-state index contributed by atoms with van der Waals surface area (Å²) in [5, 5.41) is 7.81. The predicted molar refractivity (Wildman–Crippen MR) is 69.8 cm³/mol. The van der Waals surface area contributed by atoms with E-state index in [1.807, 2.05) is 17.9 Å². The van der Waals surface area contributed by atoms with E-state index in [2.05, 4.69) is 28.4 Å². The molecule has 1 saturated heterocycles. The molecular formula is C13H24N4. The maximum atomic E-state index is 4.24. The van der Waals surface area contributed by atoms with Crippen LogP contribution in [0, 0.1) is 0 Å². The fourth-order valence-corrected chi connectivity index (χ4v) is 2.59. The van der Waals surface area contributed by atoms with Crippen molar-refractivity contribution in [2.24, 2.45) is 7.05 Å². The third-order valence-electron chi connectivity index (χ3n) is 3.35. The molecule has 2 rings (SSSR count). The molecule has 4 heteroatoms. The van der Waals surface area contributed by atoms with Crippen molar-refractivity contribution in [3.05, 3.63) is 18.0 Å². The van der Waals surface area contributed by atoms with Crippen LogP contribution in [0.25, 0.3) is 0 Å². The van der Waals surface area contributed by atoms with Gasteiger partial charge in [0.15, 0.2) is 0 Å². The minimum Gasteiger partial charge on any atom is -0.313 e. The van der Waals surface area contributed by atoms with Crippen molar-refractivity contribution in [3.63, 3.8) is 0 Å². The molecule has 96 valence electrons. The first kappa shape index (κ1) is 12.6. The van der Waals surface area contributed by atoms with Gasteiger partial charge in [-0.25, -0.2) is 0 Å². The molecule has 1 fully saturated rings. The van der Waals surface area contributed by atoms with Crippen LogP contribution in [0.5, 0.6) is 0 Å². The van der Waals surface area contributed by atoms with Gasteiger partial charge in [-0.1, -0.05) is 6.92 Å². The Hall–Kier alpha value is -0.870. The van der Waals surface area contributed by atoms with Gasteiger partial charge in [0.25, 0.3) is 0 Å². The number of hydrogen-bond donors (Lipinski definition) is 1. The molecule has 17 heavy (non-hydrogen) atoms. The molecule has 1 atom stereocenters. The number of nitrogens with zero attached hydrogens (tertiary/aromatic N) is 3. The molecule has 0 radical (unpaired) electrons. The molecule has 0 saturated carbocycles. The number of rotatable bonds is 6. The minimum absolute atomic E-state index is 0.693. The highest BCUT2D eigenvalue weighted by Gasteiger charge is 2.17. The Morgan fingerprint density at radius 3 is 3.06 bits per heavy atom. The normalized spacial score (nSPS) is 20.3. The van der Waals surface area contributed by atoms with Crippen molar-refractivity contribution >= 4 is 0 Å². The van der Waals surface area contributed by atoms with Crippen molar-refractivity contribution in [1.82, 2.24) is 20.0 Å². The number of hydrogen-bond acceptors (Lipinski definition) is 3. The van der Waals surface area contributed by atoms with E-state index in [0.29, 0.717) is 6.04 Å². The lowest BCUT2D eigenvalue weighted by molar-refractivity contribution is 0.241. The fraction of sp³-hybridized carbons (Fsp3) is 0.769. The topological polar surface area (TPSA) is 33.1 Å². The highest BCUT2D eigenvalue weighted by Crippen LogP contribution is 2.10. The van der Waals surface area contributed by atoms with Gasteiger partial charge >= 0.3 is 0 Å². The van der Waals surface area contributed by atoms with E-state index in [4.69, 9.17) is 0 Å². The molecule has 1 aliphatic heterocycles. The molecule has 0 amide bonds. The second-order valence-corrected chi connectivity index (χ2v) is 5.05. The van der Waals surface area contributed by atoms with Gasteiger partial charge in [0, 0.05) is 37.9 Å².